The highest BCUT2D eigenvalue weighted by molar-refractivity contribution is 5.55. The van der Waals surface area contributed by atoms with Crippen molar-refractivity contribution in [2.24, 2.45) is 0 Å². The molecule has 0 unspecified atom stereocenters. The Bertz CT molecular complexity index is 609. The van der Waals surface area contributed by atoms with Crippen molar-refractivity contribution in [2.75, 3.05) is 31.1 Å². The second-order valence-electron chi connectivity index (χ2n) is 6.07. The third-order valence-corrected chi connectivity index (χ3v) is 4.25. The first-order valence-corrected chi connectivity index (χ1v) is 7.72. The molecule has 0 saturated carbocycles. The first-order valence-electron chi connectivity index (χ1n) is 7.72. The van der Waals surface area contributed by atoms with Gasteiger partial charge in [-0.1, -0.05) is 12.1 Å². The Labute approximate surface area is 127 Å². The van der Waals surface area contributed by atoms with Gasteiger partial charge in [-0.15, -0.1) is 0 Å². The molecular formula is C18H24N2O. The van der Waals surface area contributed by atoms with Gasteiger partial charge in [-0.2, -0.15) is 0 Å². The number of aryl methyl sites for hydroxylation is 3. The molecule has 112 valence electrons. The number of hydrogen-bond donors (Lipinski definition) is 0. The molecule has 0 amide bonds. The minimum atomic E-state index is 0.925. The van der Waals surface area contributed by atoms with Crippen LogP contribution in [0.5, 0.6) is 0 Å². The molecule has 0 radical (unpaired) electrons. The van der Waals surface area contributed by atoms with E-state index >= 15 is 0 Å². The third kappa shape index (κ3) is 3.30. The van der Waals surface area contributed by atoms with E-state index in [0.29, 0.717) is 0 Å². The van der Waals surface area contributed by atoms with Crippen LogP contribution in [0.25, 0.3) is 0 Å². The molecule has 1 aromatic carbocycles. The van der Waals surface area contributed by atoms with Gasteiger partial charge in [0, 0.05) is 31.9 Å². The first kappa shape index (κ1) is 14.2. The van der Waals surface area contributed by atoms with E-state index in [9.17, 15) is 0 Å². The second-order valence-corrected chi connectivity index (χ2v) is 6.07. The number of anilines is 1. The van der Waals surface area contributed by atoms with Crippen molar-refractivity contribution in [3.8, 4) is 0 Å². The van der Waals surface area contributed by atoms with E-state index in [-0.39, 0.29) is 0 Å². The number of hydrogen-bond acceptors (Lipinski definition) is 3. The second kappa shape index (κ2) is 5.94. The quantitative estimate of drug-likeness (QED) is 0.859. The van der Waals surface area contributed by atoms with E-state index in [1.165, 1.54) is 16.8 Å². The van der Waals surface area contributed by atoms with Crippen LogP contribution in [0, 0.1) is 20.8 Å². The zero-order valence-electron chi connectivity index (χ0n) is 13.2. The lowest BCUT2D eigenvalue weighted by molar-refractivity contribution is 0.229. The maximum absolute atomic E-state index is 5.68. The largest absolute Gasteiger partial charge is 0.465 e. The molecule has 0 atom stereocenters. The van der Waals surface area contributed by atoms with Crippen molar-refractivity contribution >= 4 is 5.69 Å². The number of piperazine rings is 1. The van der Waals surface area contributed by atoms with Crippen molar-refractivity contribution in [3.05, 3.63) is 53.0 Å². The number of nitrogens with zero attached hydrogens (tertiary/aromatic N) is 2. The van der Waals surface area contributed by atoms with Crippen molar-refractivity contribution in [1.29, 1.82) is 0 Å². The lowest BCUT2D eigenvalue weighted by Gasteiger charge is -2.36. The molecular weight excluding hydrogens is 260 g/mol. The van der Waals surface area contributed by atoms with E-state index in [2.05, 4.69) is 47.9 Å². The van der Waals surface area contributed by atoms with Gasteiger partial charge in [0.2, 0.25) is 0 Å². The minimum Gasteiger partial charge on any atom is -0.465 e. The molecule has 1 aliphatic rings. The van der Waals surface area contributed by atoms with Gasteiger partial charge in [0.1, 0.15) is 11.5 Å². The van der Waals surface area contributed by atoms with E-state index < -0.39 is 0 Å². The van der Waals surface area contributed by atoms with Crippen molar-refractivity contribution < 1.29 is 4.42 Å². The highest BCUT2D eigenvalue weighted by Gasteiger charge is 2.19. The van der Waals surface area contributed by atoms with Gasteiger partial charge in [-0.3, -0.25) is 4.90 Å². The van der Waals surface area contributed by atoms with E-state index in [1.54, 1.807) is 0 Å². The third-order valence-electron chi connectivity index (χ3n) is 4.25. The Morgan fingerprint density at radius 1 is 0.952 bits per heavy atom. The lowest BCUT2D eigenvalue weighted by atomic mass is 10.1. The molecule has 0 aliphatic carbocycles. The summed E-state index contributed by atoms with van der Waals surface area (Å²) >= 11 is 0. The van der Waals surface area contributed by atoms with Gasteiger partial charge in [0.25, 0.3) is 0 Å². The molecule has 3 nitrogen and oxygen atoms in total. The summed E-state index contributed by atoms with van der Waals surface area (Å²) in [5.74, 6) is 2.08. The molecule has 1 aromatic heterocycles. The summed E-state index contributed by atoms with van der Waals surface area (Å²) in [5.41, 5.74) is 4.10. The molecule has 1 aliphatic heterocycles. The van der Waals surface area contributed by atoms with Crippen LogP contribution in [0.4, 0.5) is 5.69 Å². The van der Waals surface area contributed by atoms with Crippen LogP contribution >= 0.6 is 0 Å². The molecule has 0 spiro atoms. The first-order chi connectivity index (χ1) is 10.1. The number of rotatable bonds is 3. The Morgan fingerprint density at radius 3 is 2.38 bits per heavy atom. The molecule has 21 heavy (non-hydrogen) atoms. The van der Waals surface area contributed by atoms with Crippen LogP contribution in [-0.2, 0) is 6.54 Å². The molecule has 1 saturated heterocycles. The summed E-state index contributed by atoms with van der Waals surface area (Å²) in [6.45, 7) is 11.6. The Balaban J connectivity index is 1.61. The summed E-state index contributed by atoms with van der Waals surface area (Å²) in [4.78, 5) is 4.98. The summed E-state index contributed by atoms with van der Waals surface area (Å²) in [7, 11) is 0. The predicted molar refractivity (Wildman–Crippen MR) is 86.9 cm³/mol. The molecule has 0 bridgehead atoms. The average Bonchev–Trinajstić information content (AvgIpc) is 2.88. The summed E-state index contributed by atoms with van der Waals surface area (Å²) in [6.07, 6.45) is 0. The van der Waals surface area contributed by atoms with Crippen molar-refractivity contribution in [3.63, 3.8) is 0 Å². The van der Waals surface area contributed by atoms with Crippen LogP contribution in [0.3, 0.4) is 0 Å². The molecule has 1 fully saturated rings. The van der Waals surface area contributed by atoms with Gasteiger partial charge in [0.15, 0.2) is 0 Å². The maximum atomic E-state index is 5.68. The Morgan fingerprint density at radius 2 is 1.71 bits per heavy atom. The Hall–Kier alpha value is -1.74. The minimum absolute atomic E-state index is 0.925. The van der Waals surface area contributed by atoms with Crippen LogP contribution in [0.1, 0.15) is 22.6 Å². The van der Waals surface area contributed by atoms with E-state index in [1.807, 2.05) is 13.0 Å². The fourth-order valence-corrected chi connectivity index (χ4v) is 3.00. The smallest absolute Gasteiger partial charge is 0.118 e. The number of furan rings is 1. The van der Waals surface area contributed by atoms with Crippen LogP contribution in [0.15, 0.2) is 34.7 Å². The SMILES string of the molecule is Cc1ccc(C)c(N2CCN(Cc3ccc(C)o3)CC2)c1. The topological polar surface area (TPSA) is 19.6 Å². The van der Waals surface area contributed by atoms with Crippen LogP contribution < -0.4 is 4.90 Å². The summed E-state index contributed by atoms with van der Waals surface area (Å²) < 4.78 is 5.68. The monoisotopic (exact) mass is 284 g/mol. The van der Waals surface area contributed by atoms with Crippen molar-refractivity contribution in [1.82, 2.24) is 4.90 Å². The predicted octanol–water partition coefficient (Wildman–Crippen LogP) is 3.53. The normalized spacial score (nSPS) is 16.4. The highest BCUT2D eigenvalue weighted by Crippen LogP contribution is 2.23. The standard InChI is InChI=1S/C18H24N2O/c1-14-4-5-15(2)18(12-14)20-10-8-19(9-11-20)13-17-7-6-16(3)21-17/h4-7,12H,8-11,13H2,1-3H3. The fraction of sp³-hybridized carbons (Fsp3) is 0.444. The zero-order chi connectivity index (χ0) is 14.8. The van der Waals surface area contributed by atoms with Crippen LogP contribution in [-0.4, -0.2) is 31.1 Å². The lowest BCUT2D eigenvalue weighted by Crippen LogP contribution is -2.46. The van der Waals surface area contributed by atoms with Gasteiger partial charge in [-0.05, 0) is 50.1 Å². The Kier molecular flexibility index (Phi) is 4.02. The molecule has 2 heterocycles. The summed E-state index contributed by atoms with van der Waals surface area (Å²) in [6, 6.07) is 10.9. The van der Waals surface area contributed by atoms with E-state index in [0.717, 1.165) is 44.2 Å². The van der Waals surface area contributed by atoms with Gasteiger partial charge < -0.3 is 9.32 Å². The van der Waals surface area contributed by atoms with Gasteiger partial charge >= 0.3 is 0 Å². The van der Waals surface area contributed by atoms with Gasteiger partial charge in [-0.25, -0.2) is 0 Å². The molecule has 2 aromatic rings. The highest BCUT2D eigenvalue weighted by atomic mass is 16.3. The van der Waals surface area contributed by atoms with Crippen molar-refractivity contribution in [2.45, 2.75) is 27.3 Å². The van der Waals surface area contributed by atoms with E-state index in [4.69, 9.17) is 4.42 Å². The molecule has 0 N–H and O–H groups in total. The maximum Gasteiger partial charge on any atom is 0.118 e. The number of benzene rings is 1. The average molecular weight is 284 g/mol. The molecule has 3 rings (SSSR count). The van der Waals surface area contributed by atoms with Crippen LogP contribution in [0.2, 0.25) is 0 Å². The van der Waals surface area contributed by atoms with Gasteiger partial charge in [0.05, 0.1) is 6.54 Å². The molecule has 3 heteroatoms. The summed E-state index contributed by atoms with van der Waals surface area (Å²) in [5, 5.41) is 0. The zero-order valence-corrected chi connectivity index (χ0v) is 13.2. The fourth-order valence-electron chi connectivity index (χ4n) is 3.00.